The van der Waals surface area contributed by atoms with E-state index < -0.39 is 0 Å². The van der Waals surface area contributed by atoms with Gasteiger partial charge in [0, 0.05) is 19.2 Å². The van der Waals surface area contributed by atoms with Crippen LogP contribution in [0.25, 0.3) is 0 Å². The van der Waals surface area contributed by atoms with Crippen molar-refractivity contribution in [1.29, 1.82) is 0 Å². The number of likely N-dealkylation sites (tertiary alicyclic amines) is 1. The first-order chi connectivity index (χ1) is 13.6. The summed E-state index contributed by atoms with van der Waals surface area (Å²) in [5.41, 5.74) is 2.04. The van der Waals surface area contributed by atoms with Gasteiger partial charge in [-0.1, -0.05) is 12.1 Å². The van der Waals surface area contributed by atoms with Gasteiger partial charge in [-0.15, -0.1) is 0 Å². The van der Waals surface area contributed by atoms with Crippen molar-refractivity contribution in [3.63, 3.8) is 0 Å². The van der Waals surface area contributed by atoms with Crippen LogP contribution < -0.4 is 0 Å². The molecule has 0 saturated carbocycles. The van der Waals surface area contributed by atoms with Crippen LogP contribution in [-0.4, -0.2) is 32.3 Å². The summed E-state index contributed by atoms with van der Waals surface area (Å²) >= 11 is 0. The van der Waals surface area contributed by atoms with E-state index in [4.69, 9.17) is 4.42 Å². The molecular formula is C21H21FN4O2. The number of amides is 1. The molecular weight excluding hydrogens is 359 g/mol. The Morgan fingerprint density at radius 2 is 1.96 bits per heavy atom. The zero-order valence-electron chi connectivity index (χ0n) is 15.6. The van der Waals surface area contributed by atoms with E-state index in [1.54, 1.807) is 29.4 Å². The summed E-state index contributed by atoms with van der Waals surface area (Å²) in [6.45, 7) is 2.47. The zero-order chi connectivity index (χ0) is 19.5. The van der Waals surface area contributed by atoms with Crippen molar-refractivity contribution >= 4 is 5.91 Å². The van der Waals surface area contributed by atoms with Gasteiger partial charge in [0.05, 0.1) is 18.1 Å². The molecule has 6 nitrogen and oxygen atoms in total. The van der Waals surface area contributed by atoms with Crippen LogP contribution in [0, 0.1) is 12.7 Å². The van der Waals surface area contributed by atoms with Gasteiger partial charge >= 0.3 is 0 Å². The smallest absolute Gasteiger partial charge is 0.274 e. The highest BCUT2D eigenvalue weighted by Gasteiger charge is 2.32. The second-order valence-corrected chi connectivity index (χ2v) is 7.02. The fourth-order valence-corrected chi connectivity index (χ4v) is 3.44. The van der Waals surface area contributed by atoms with Crippen LogP contribution in [0.15, 0.2) is 47.3 Å². The maximum atomic E-state index is 13.1. The summed E-state index contributed by atoms with van der Waals surface area (Å²) in [5, 5.41) is 0. The number of halogens is 1. The number of piperidine rings is 1. The molecule has 0 bridgehead atoms. The van der Waals surface area contributed by atoms with Gasteiger partial charge in [0.15, 0.2) is 0 Å². The van der Waals surface area contributed by atoms with Crippen molar-refractivity contribution in [3.8, 4) is 0 Å². The van der Waals surface area contributed by atoms with Gasteiger partial charge in [-0.3, -0.25) is 9.78 Å². The fourth-order valence-electron chi connectivity index (χ4n) is 3.44. The van der Waals surface area contributed by atoms with E-state index in [0.29, 0.717) is 30.3 Å². The molecule has 0 aliphatic carbocycles. The number of benzene rings is 1. The lowest BCUT2D eigenvalue weighted by molar-refractivity contribution is 0.0563. The molecule has 3 aromatic rings. The first-order valence-corrected chi connectivity index (χ1v) is 9.39. The lowest BCUT2D eigenvalue weighted by Crippen LogP contribution is -2.39. The summed E-state index contributed by atoms with van der Waals surface area (Å²) in [5.74, 6) is 0.799. The highest BCUT2D eigenvalue weighted by atomic mass is 19.1. The molecule has 0 N–H and O–H groups in total. The van der Waals surface area contributed by atoms with E-state index in [2.05, 4.69) is 15.0 Å². The molecule has 0 spiro atoms. The zero-order valence-corrected chi connectivity index (χ0v) is 15.6. The van der Waals surface area contributed by atoms with E-state index in [9.17, 15) is 9.18 Å². The molecule has 1 aromatic carbocycles. The molecule has 144 valence electrons. The van der Waals surface area contributed by atoms with E-state index >= 15 is 0 Å². The number of aryl methyl sites for hydroxylation is 1. The van der Waals surface area contributed by atoms with E-state index in [-0.39, 0.29) is 17.8 Å². The summed E-state index contributed by atoms with van der Waals surface area (Å²) < 4.78 is 19.0. The van der Waals surface area contributed by atoms with Gasteiger partial charge in [-0.2, -0.15) is 0 Å². The Morgan fingerprint density at radius 3 is 2.71 bits per heavy atom. The third kappa shape index (κ3) is 3.93. The highest BCUT2D eigenvalue weighted by molar-refractivity contribution is 5.92. The molecule has 3 heterocycles. The van der Waals surface area contributed by atoms with Crippen LogP contribution in [0.2, 0.25) is 0 Å². The maximum Gasteiger partial charge on any atom is 0.274 e. The molecule has 1 aliphatic heterocycles. The number of nitrogens with zero attached hydrogens (tertiary/aromatic N) is 4. The Hall–Kier alpha value is -3.09. The fraction of sp³-hybridized carbons (Fsp3) is 0.333. The number of rotatable bonds is 4. The minimum absolute atomic E-state index is 0.157. The highest BCUT2D eigenvalue weighted by Crippen LogP contribution is 2.32. The van der Waals surface area contributed by atoms with Crippen LogP contribution in [0.3, 0.4) is 0 Å². The van der Waals surface area contributed by atoms with Gasteiger partial charge in [0.2, 0.25) is 5.89 Å². The Bertz CT molecular complexity index is 953. The predicted octanol–water partition coefficient (Wildman–Crippen LogP) is 3.87. The summed E-state index contributed by atoms with van der Waals surface area (Å²) in [4.78, 5) is 27.5. The Kier molecular flexibility index (Phi) is 5.14. The van der Waals surface area contributed by atoms with Crippen LogP contribution in [0.5, 0.6) is 0 Å². The van der Waals surface area contributed by atoms with Gasteiger partial charge in [0.1, 0.15) is 23.3 Å². The van der Waals surface area contributed by atoms with Crippen molar-refractivity contribution < 1.29 is 13.6 Å². The SMILES string of the molecule is Cc1cnc(C(=O)N2CCCC[C@@H]2c2ncc(Cc3ccc(F)cc3)o2)cn1. The Morgan fingerprint density at radius 1 is 1.14 bits per heavy atom. The molecule has 2 aromatic heterocycles. The minimum Gasteiger partial charge on any atom is -0.443 e. The van der Waals surface area contributed by atoms with Crippen LogP contribution in [-0.2, 0) is 6.42 Å². The molecule has 4 rings (SSSR count). The van der Waals surface area contributed by atoms with Crippen molar-refractivity contribution in [2.75, 3.05) is 6.54 Å². The van der Waals surface area contributed by atoms with Crippen molar-refractivity contribution in [3.05, 3.63) is 77.3 Å². The second kappa shape index (κ2) is 7.88. The number of carbonyl (C=O) groups is 1. The Labute approximate surface area is 162 Å². The van der Waals surface area contributed by atoms with Crippen LogP contribution in [0.4, 0.5) is 4.39 Å². The quantitative estimate of drug-likeness (QED) is 0.687. The molecule has 1 amide bonds. The van der Waals surface area contributed by atoms with Gasteiger partial charge in [-0.25, -0.2) is 14.4 Å². The first kappa shape index (κ1) is 18.3. The maximum absolute atomic E-state index is 13.1. The number of carbonyl (C=O) groups excluding carboxylic acids is 1. The minimum atomic E-state index is -0.266. The number of oxazole rings is 1. The number of hydrogen-bond acceptors (Lipinski definition) is 5. The largest absolute Gasteiger partial charge is 0.443 e. The molecule has 1 atom stereocenters. The van der Waals surface area contributed by atoms with E-state index in [0.717, 1.165) is 30.5 Å². The summed E-state index contributed by atoms with van der Waals surface area (Å²) in [6.07, 6.45) is 8.05. The van der Waals surface area contributed by atoms with Crippen molar-refractivity contribution in [2.24, 2.45) is 0 Å². The molecule has 1 saturated heterocycles. The normalized spacial score (nSPS) is 16.9. The van der Waals surface area contributed by atoms with Gasteiger partial charge in [0.25, 0.3) is 5.91 Å². The average molecular weight is 380 g/mol. The molecule has 1 fully saturated rings. The van der Waals surface area contributed by atoms with E-state index in [1.165, 1.54) is 18.3 Å². The summed E-state index contributed by atoms with van der Waals surface area (Å²) in [7, 11) is 0. The lowest BCUT2D eigenvalue weighted by atomic mass is 10.0. The van der Waals surface area contributed by atoms with Crippen molar-refractivity contribution in [1.82, 2.24) is 19.9 Å². The van der Waals surface area contributed by atoms with Crippen molar-refractivity contribution in [2.45, 2.75) is 38.6 Å². The average Bonchev–Trinajstić information content (AvgIpc) is 3.18. The monoisotopic (exact) mass is 380 g/mol. The molecule has 0 unspecified atom stereocenters. The standard InChI is InChI=1S/C21H21FN4O2/c1-14-11-24-18(13-23-14)21(27)26-9-3-2-4-19(26)20-25-12-17(28-20)10-15-5-7-16(22)8-6-15/h5-8,11-13,19H,2-4,9-10H2,1H3/t19-/m1/s1. The van der Waals surface area contributed by atoms with Crippen LogP contribution in [0.1, 0.15) is 58.7 Å². The molecule has 0 radical (unpaired) electrons. The lowest BCUT2D eigenvalue weighted by Gasteiger charge is -2.33. The van der Waals surface area contributed by atoms with Gasteiger partial charge in [-0.05, 0) is 43.9 Å². The number of aromatic nitrogens is 3. The molecule has 1 aliphatic rings. The third-order valence-electron chi connectivity index (χ3n) is 4.91. The van der Waals surface area contributed by atoms with E-state index in [1.807, 2.05) is 6.92 Å². The first-order valence-electron chi connectivity index (χ1n) is 9.39. The van der Waals surface area contributed by atoms with Crippen LogP contribution >= 0.6 is 0 Å². The Balaban J connectivity index is 1.53. The summed E-state index contributed by atoms with van der Waals surface area (Å²) in [6, 6.07) is 6.09. The predicted molar refractivity (Wildman–Crippen MR) is 100 cm³/mol. The number of hydrogen-bond donors (Lipinski definition) is 0. The molecule has 28 heavy (non-hydrogen) atoms. The van der Waals surface area contributed by atoms with Gasteiger partial charge < -0.3 is 9.32 Å². The third-order valence-corrected chi connectivity index (χ3v) is 4.91. The molecule has 7 heteroatoms. The second-order valence-electron chi connectivity index (χ2n) is 7.02. The topological polar surface area (TPSA) is 72.1 Å².